The van der Waals surface area contributed by atoms with Crippen LogP contribution in [0.2, 0.25) is 18.1 Å². The van der Waals surface area contributed by atoms with Gasteiger partial charge in [-0.05, 0) is 63.1 Å². The molecule has 0 bridgehead atoms. The first-order chi connectivity index (χ1) is 8.57. The van der Waals surface area contributed by atoms with Crippen LogP contribution in [0.15, 0.2) is 12.2 Å². The molecule has 0 radical (unpaired) electrons. The van der Waals surface area contributed by atoms with Crippen LogP contribution in [0.25, 0.3) is 0 Å². The van der Waals surface area contributed by atoms with Crippen LogP contribution in [0.3, 0.4) is 0 Å². The fourth-order valence-electron chi connectivity index (χ4n) is 3.15. The number of rotatable bonds is 5. The van der Waals surface area contributed by atoms with E-state index in [1.54, 1.807) is 0 Å². The van der Waals surface area contributed by atoms with E-state index in [2.05, 4.69) is 27.4 Å². The van der Waals surface area contributed by atoms with Crippen LogP contribution >= 0.6 is 0 Å². The third-order valence-electron chi connectivity index (χ3n) is 5.85. The summed E-state index contributed by atoms with van der Waals surface area (Å²) in [5, 5.41) is 0.0729. The molecule has 3 heteroatoms. The highest BCUT2D eigenvalue weighted by atomic mass is 28.4. The molecule has 0 aromatic rings. The van der Waals surface area contributed by atoms with Gasteiger partial charge in [0.15, 0.2) is 8.32 Å². The van der Waals surface area contributed by atoms with E-state index in [1.165, 1.54) is 18.4 Å². The van der Waals surface area contributed by atoms with Gasteiger partial charge in [-0.2, -0.15) is 0 Å². The summed E-state index contributed by atoms with van der Waals surface area (Å²) in [7, 11) is -2.08. The van der Waals surface area contributed by atoms with Crippen LogP contribution in [0.1, 0.15) is 52.9 Å². The smallest absolute Gasteiger partial charge is 0.188 e. The topological polar surface area (TPSA) is 32.8 Å². The standard InChI is InChI=1S/C16H30O2Si/c1-12(2)13-7-8-16(14(11-13)18-16)10-9-15(3,4)19(5,6)17/h13-14,17H,1,7-11H2,2-6H3/t13-,14?,16?/m1/s1. The second-order valence-corrected chi connectivity index (χ2v) is 12.4. The Hall–Kier alpha value is -0.123. The van der Waals surface area contributed by atoms with Gasteiger partial charge in [0.25, 0.3) is 0 Å². The van der Waals surface area contributed by atoms with Crippen molar-refractivity contribution in [3.05, 3.63) is 12.2 Å². The molecule has 0 aromatic heterocycles. The molecule has 0 spiro atoms. The van der Waals surface area contributed by atoms with Crippen LogP contribution < -0.4 is 0 Å². The van der Waals surface area contributed by atoms with E-state index in [1.807, 2.05) is 13.1 Å². The van der Waals surface area contributed by atoms with Gasteiger partial charge < -0.3 is 9.53 Å². The minimum Gasteiger partial charge on any atom is -0.432 e. The second kappa shape index (κ2) is 4.71. The first-order valence-corrected chi connectivity index (χ1v) is 10.6. The Morgan fingerprint density at radius 3 is 2.58 bits per heavy atom. The minimum absolute atomic E-state index is 0.0729. The van der Waals surface area contributed by atoms with Gasteiger partial charge in [0, 0.05) is 0 Å². The summed E-state index contributed by atoms with van der Waals surface area (Å²) in [5.74, 6) is 0.664. The molecule has 1 heterocycles. The lowest BCUT2D eigenvalue weighted by Crippen LogP contribution is -2.40. The third kappa shape index (κ3) is 2.98. The maximum absolute atomic E-state index is 10.4. The monoisotopic (exact) mass is 282 g/mol. The summed E-state index contributed by atoms with van der Waals surface area (Å²) in [6.45, 7) is 14.8. The second-order valence-electron chi connectivity index (χ2n) is 7.93. The van der Waals surface area contributed by atoms with E-state index < -0.39 is 8.32 Å². The first kappa shape index (κ1) is 15.3. The number of ether oxygens (including phenoxy) is 1. The molecule has 1 aliphatic carbocycles. The van der Waals surface area contributed by atoms with Gasteiger partial charge in [0.2, 0.25) is 0 Å². The van der Waals surface area contributed by atoms with Crippen molar-refractivity contribution in [2.75, 3.05) is 0 Å². The van der Waals surface area contributed by atoms with Gasteiger partial charge >= 0.3 is 0 Å². The van der Waals surface area contributed by atoms with Crippen molar-refractivity contribution >= 4 is 8.32 Å². The zero-order valence-corrected chi connectivity index (χ0v) is 14.3. The molecule has 1 saturated heterocycles. The number of allylic oxidation sites excluding steroid dienone is 1. The maximum Gasteiger partial charge on any atom is 0.188 e. The fraction of sp³-hybridized carbons (Fsp3) is 0.875. The highest BCUT2D eigenvalue weighted by Gasteiger charge is 2.59. The van der Waals surface area contributed by atoms with Crippen molar-refractivity contribution in [1.82, 2.24) is 0 Å². The average molecular weight is 282 g/mol. The SMILES string of the molecule is C=C(C)[C@@H]1CCC2(CCC(C)(C)[Si](C)(C)O)OC2C1. The van der Waals surface area contributed by atoms with E-state index in [4.69, 9.17) is 4.74 Å². The van der Waals surface area contributed by atoms with Crippen molar-refractivity contribution in [3.63, 3.8) is 0 Å². The summed E-state index contributed by atoms with van der Waals surface area (Å²) in [6.07, 6.45) is 6.23. The van der Waals surface area contributed by atoms with Gasteiger partial charge in [-0.15, -0.1) is 0 Å². The molecule has 0 aromatic carbocycles. The van der Waals surface area contributed by atoms with Crippen molar-refractivity contribution < 1.29 is 9.53 Å². The van der Waals surface area contributed by atoms with E-state index in [-0.39, 0.29) is 10.6 Å². The van der Waals surface area contributed by atoms with E-state index >= 15 is 0 Å². The number of fused-ring (bicyclic) bond motifs is 1. The van der Waals surface area contributed by atoms with E-state index in [0.29, 0.717) is 12.0 Å². The van der Waals surface area contributed by atoms with Gasteiger partial charge in [-0.25, -0.2) is 0 Å². The molecule has 2 aliphatic rings. The Balaban J connectivity index is 1.89. The molecule has 2 nitrogen and oxygen atoms in total. The van der Waals surface area contributed by atoms with Crippen LogP contribution in [-0.4, -0.2) is 24.8 Å². The average Bonchev–Trinajstić information content (AvgIpc) is 2.98. The number of epoxide rings is 1. The molecule has 110 valence electrons. The summed E-state index contributed by atoms with van der Waals surface area (Å²) < 4.78 is 6.05. The Morgan fingerprint density at radius 2 is 2.11 bits per heavy atom. The molecule has 1 saturated carbocycles. The van der Waals surface area contributed by atoms with Gasteiger partial charge in [-0.3, -0.25) is 0 Å². The van der Waals surface area contributed by atoms with E-state index in [9.17, 15) is 4.80 Å². The van der Waals surface area contributed by atoms with Crippen molar-refractivity contribution in [1.29, 1.82) is 0 Å². The summed E-state index contributed by atoms with van der Waals surface area (Å²) >= 11 is 0. The van der Waals surface area contributed by atoms with Gasteiger partial charge in [-0.1, -0.05) is 26.0 Å². The fourth-order valence-corrected chi connectivity index (χ4v) is 3.89. The molecule has 19 heavy (non-hydrogen) atoms. The molecular formula is C16H30O2Si. The quantitative estimate of drug-likeness (QED) is 0.464. The summed E-state index contributed by atoms with van der Waals surface area (Å²) in [4.78, 5) is 10.4. The zero-order valence-electron chi connectivity index (χ0n) is 13.3. The lowest BCUT2D eigenvalue weighted by molar-refractivity contribution is 0.252. The number of hydrogen-bond acceptors (Lipinski definition) is 2. The predicted molar refractivity (Wildman–Crippen MR) is 82.7 cm³/mol. The summed E-state index contributed by atoms with van der Waals surface area (Å²) in [6, 6.07) is 0. The Morgan fingerprint density at radius 1 is 1.47 bits per heavy atom. The minimum atomic E-state index is -2.08. The molecule has 2 rings (SSSR count). The molecule has 1 aliphatic heterocycles. The van der Waals surface area contributed by atoms with Crippen molar-refractivity contribution in [2.45, 2.75) is 82.7 Å². The Bertz CT molecular complexity index is 369. The van der Waals surface area contributed by atoms with Crippen LogP contribution in [-0.2, 0) is 4.74 Å². The lowest BCUT2D eigenvalue weighted by atomic mass is 9.77. The van der Waals surface area contributed by atoms with Crippen molar-refractivity contribution in [3.8, 4) is 0 Å². The highest BCUT2D eigenvalue weighted by Crippen LogP contribution is 2.55. The number of hydrogen-bond donors (Lipinski definition) is 1. The Labute approximate surface area is 119 Å². The Kier molecular flexibility index (Phi) is 3.79. The van der Waals surface area contributed by atoms with Crippen LogP contribution in [0, 0.1) is 5.92 Å². The van der Waals surface area contributed by atoms with Crippen LogP contribution in [0.5, 0.6) is 0 Å². The summed E-state index contributed by atoms with van der Waals surface area (Å²) in [5.41, 5.74) is 1.47. The maximum atomic E-state index is 10.4. The third-order valence-corrected chi connectivity index (χ3v) is 9.41. The highest BCUT2D eigenvalue weighted by molar-refractivity contribution is 6.72. The largest absolute Gasteiger partial charge is 0.432 e. The molecule has 0 amide bonds. The van der Waals surface area contributed by atoms with Crippen LogP contribution in [0.4, 0.5) is 0 Å². The van der Waals surface area contributed by atoms with Crippen molar-refractivity contribution in [2.24, 2.45) is 5.92 Å². The normalized spacial score (nSPS) is 34.8. The molecule has 1 N–H and O–H groups in total. The predicted octanol–water partition coefficient (Wildman–Crippen LogP) is 4.26. The van der Waals surface area contributed by atoms with Gasteiger partial charge in [0.1, 0.15) is 0 Å². The molecule has 3 atom stereocenters. The zero-order chi connectivity index (χ0) is 14.5. The lowest BCUT2D eigenvalue weighted by Gasteiger charge is -2.36. The molecule has 2 fully saturated rings. The molecular weight excluding hydrogens is 252 g/mol. The molecule has 2 unspecified atom stereocenters. The first-order valence-electron chi connectivity index (χ1n) is 7.63. The van der Waals surface area contributed by atoms with Gasteiger partial charge in [0.05, 0.1) is 11.7 Å². The van der Waals surface area contributed by atoms with E-state index in [0.717, 1.165) is 19.3 Å².